The average Bonchev–Trinajstić information content (AvgIpc) is 3.07. The van der Waals surface area contributed by atoms with Crippen LogP contribution in [0, 0.1) is 0 Å². The van der Waals surface area contributed by atoms with Crippen LogP contribution in [0.15, 0.2) is 54.6 Å². The summed E-state index contributed by atoms with van der Waals surface area (Å²) in [5.74, 6) is 0.134. The Kier molecular flexibility index (Phi) is 4.30. The molecule has 0 saturated carbocycles. The summed E-state index contributed by atoms with van der Waals surface area (Å²) >= 11 is 1.69. The summed E-state index contributed by atoms with van der Waals surface area (Å²) in [6.45, 7) is 2.97. The zero-order chi connectivity index (χ0) is 19.1. The molecule has 5 nitrogen and oxygen atoms in total. The van der Waals surface area contributed by atoms with Gasteiger partial charge in [0, 0.05) is 17.5 Å². The number of phenolic OH excluding ortho intramolecular Hbond substituents is 1. The lowest BCUT2D eigenvalue weighted by atomic mass is 10.00. The van der Waals surface area contributed by atoms with Crippen molar-refractivity contribution in [2.24, 2.45) is 0 Å². The van der Waals surface area contributed by atoms with Crippen molar-refractivity contribution in [3.63, 3.8) is 0 Å². The number of nitrogens with one attached hydrogen (secondary N) is 3. The number of para-hydroxylation sites is 1. The van der Waals surface area contributed by atoms with Crippen molar-refractivity contribution in [1.29, 1.82) is 0 Å². The van der Waals surface area contributed by atoms with Crippen molar-refractivity contribution in [2.45, 2.75) is 25.7 Å². The number of carbonyl (C=O) groups excluding carboxylic acids is 1. The van der Waals surface area contributed by atoms with Crippen LogP contribution in [0.1, 0.15) is 38.1 Å². The molecule has 6 heteroatoms. The maximum atomic E-state index is 12.9. The summed E-state index contributed by atoms with van der Waals surface area (Å²) in [5.41, 5.74) is 4.02. The molecule has 2 aromatic carbocycles. The van der Waals surface area contributed by atoms with E-state index in [1.165, 1.54) is 20.9 Å². The van der Waals surface area contributed by atoms with Gasteiger partial charge in [0.1, 0.15) is 30.0 Å². The molecule has 1 unspecified atom stereocenters. The minimum absolute atomic E-state index is 0.0500. The lowest BCUT2D eigenvalue weighted by Gasteiger charge is -2.27. The Bertz CT molecular complexity index is 1030. The van der Waals surface area contributed by atoms with Crippen molar-refractivity contribution in [3.05, 3.63) is 81.7 Å². The van der Waals surface area contributed by atoms with Gasteiger partial charge in [-0.3, -0.25) is 4.79 Å². The molecule has 142 valence electrons. The van der Waals surface area contributed by atoms with Crippen molar-refractivity contribution in [3.8, 4) is 5.75 Å². The van der Waals surface area contributed by atoms with E-state index in [4.69, 9.17) is 0 Å². The number of phenols is 1. The van der Waals surface area contributed by atoms with Gasteiger partial charge in [0.15, 0.2) is 0 Å². The van der Waals surface area contributed by atoms with Crippen molar-refractivity contribution in [2.75, 3.05) is 11.9 Å². The minimum atomic E-state index is -0.408. The maximum absolute atomic E-state index is 12.9. The van der Waals surface area contributed by atoms with Crippen LogP contribution in [0.2, 0.25) is 0 Å². The molecule has 28 heavy (non-hydrogen) atoms. The SMILES string of the molecule is O=C1N[C@@H](c2ccccc2O)Nc2sc3c(c21)CC[NH+](Cc1ccccc1)C3. The summed E-state index contributed by atoms with van der Waals surface area (Å²) in [7, 11) is 0. The Balaban J connectivity index is 1.40. The topological polar surface area (TPSA) is 65.8 Å². The van der Waals surface area contributed by atoms with E-state index in [1.54, 1.807) is 23.5 Å². The largest absolute Gasteiger partial charge is 0.508 e. The second-order valence-electron chi connectivity index (χ2n) is 7.41. The van der Waals surface area contributed by atoms with Gasteiger partial charge in [0.25, 0.3) is 5.91 Å². The van der Waals surface area contributed by atoms with Gasteiger partial charge in [0.05, 0.1) is 17.0 Å². The number of quaternary nitrogens is 1. The van der Waals surface area contributed by atoms with Gasteiger partial charge >= 0.3 is 0 Å². The fourth-order valence-electron chi connectivity index (χ4n) is 4.17. The average molecular weight is 393 g/mol. The molecule has 2 aliphatic heterocycles. The third-order valence-corrected chi connectivity index (χ3v) is 6.72. The molecule has 0 radical (unpaired) electrons. The van der Waals surface area contributed by atoms with Crippen molar-refractivity contribution >= 4 is 22.2 Å². The fraction of sp³-hybridized carbons (Fsp3) is 0.227. The van der Waals surface area contributed by atoms with E-state index in [0.29, 0.717) is 5.56 Å². The number of benzene rings is 2. The molecule has 4 N–H and O–H groups in total. The van der Waals surface area contributed by atoms with E-state index < -0.39 is 6.17 Å². The van der Waals surface area contributed by atoms with Gasteiger partial charge in [-0.1, -0.05) is 48.5 Å². The molecule has 2 aliphatic rings. The van der Waals surface area contributed by atoms with Crippen LogP contribution in [-0.2, 0) is 19.5 Å². The predicted octanol–water partition coefficient (Wildman–Crippen LogP) is 2.45. The number of anilines is 1. The molecule has 2 atom stereocenters. The molecule has 5 rings (SSSR count). The Morgan fingerprint density at radius 1 is 1.07 bits per heavy atom. The molecule has 0 fully saturated rings. The second-order valence-corrected chi connectivity index (χ2v) is 8.51. The van der Waals surface area contributed by atoms with Crippen molar-refractivity contribution < 1.29 is 14.8 Å². The standard InChI is InChI=1S/C22H21N3O2S/c26-17-9-5-4-8-15(17)20-23-21(27)19-16-10-11-25(12-14-6-2-1-3-7-14)13-18(16)28-22(19)24-20/h1-9,20,24,26H,10-13H2,(H,23,27)/p+1/t20-/m1/s1. The van der Waals surface area contributed by atoms with Crippen LogP contribution in [0.25, 0.3) is 0 Å². The highest BCUT2D eigenvalue weighted by molar-refractivity contribution is 7.16. The molecular formula is C22H22N3O2S+. The van der Waals surface area contributed by atoms with Gasteiger partial charge < -0.3 is 20.6 Å². The summed E-state index contributed by atoms with van der Waals surface area (Å²) in [6, 6.07) is 17.7. The minimum Gasteiger partial charge on any atom is -0.508 e. The molecule has 1 aromatic heterocycles. The summed E-state index contributed by atoms with van der Waals surface area (Å²) < 4.78 is 0. The molecule has 0 saturated heterocycles. The summed E-state index contributed by atoms with van der Waals surface area (Å²) in [4.78, 5) is 15.7. The number of fused-ring (bicyclic) bond motifs is 3. The monoisotopic (exact) mass is 392 g/mol. The molecule has 0 aliphatic carbocycles. The maximum Gasteiger partial charge on any atom is 0.256 e. The van der Waals surface area contributed by atoms with E-state index in [2.05, 4.69) is 34.9 Å². The van der Waals surface area contributed by atoms with Crippen LogP contribution in [-0.4, -0.2) is 17.6 Å². The number of aromatic hydroxyl groups is 1. The Hall–Kier alpha value is -2.83. The number of hydrogen-bond acceptors (Lipinski definition) is 4. The quantitative estimate of drug-likeness (QED) is 0.554. The first-order valence-corrected chi connectivity index (χ1v) is 10.4. The molecule has 3 aromatic rings. The fourth-order valence-corrected chi connectivity index (χ4v) is 5.52. The van der Waals surface area contributed by atoms with Crippen LogP contribution < -0.4 is 15.5 Å². The van der Waals surface area contributed by atoms with E-state index >= 15 is 0 Å². The summed E-state index contributed by atoms with van der Waals surface area (Å²) in [5, 5.41) is 17.5. The van der Waals surface area contributed by atoms with Crippen LogP contribution in [0.5, 0.6) is 5.75 Å². The molecular weight excluding hydrogens is 370 g/mol. The summed E-state index contributed by atoms with van der Waals surface area (Å²) in [6.07, 6.45) is 0.508. The van der Waals surface area contributed by atoms with Gasteiger partial charge in [-0.15, -0.1) is 11.3 Å². The van der Waals surface area contributed by atoms with E-state index in [-0.39, 0.29) is 11.7 Å². The van der Waals surface area contributed by atoms with Crippen LogP contribution in [0.4, 0.5) is 5.00 Å². The first kappa shape index (κ1) is 17.3. The van der Waals surface area contributed by atoms with Crippen LogP contribution in [0.3, 0.4) is 0 Å². The highest BCUT2D eigenvalue weighted by atomic mass is 32.1. The zero-order valence-corrected chi connectivity index (χ0v) is 16.2. The second kappa shape index (κ2) is 6.96. The van der Waals surface area contributed by atoms with E-state index in [0.717, 1.165) is 36.6 Å². The van der Waals surface area contributed by atoms with Gasteiger partial charge in [0.2, 0.25) is 0 Å². The molecule has 1 amide bonds. The Labute approximate surface area is 167 Å². The predicted molar refractivity (Wildman–Crippen MR) is 110 cm³/mol. The third kappa shape index (κ3) is 3.04. The number of hydrogen-bond donors (Lipinski definition) is 4. The lowest BCUT2D eigenvalue weighted by molar-refractivity contribution is -0.929. The first-order chi connectivity index (χ1) is 13.7. The van der Waals surface area contributed by atoms with Crippen LogP contribution >= 0.6 is 11.3 Å². The Morgan fingerprint density at radius 3 is 2.68 bits per heavy atom. The number of amides is 1. The first-order valence-electron chi connectivity index (χ1n) is 9.56. The van der Waals surface area contributed by atoms with E-state index in [9.17, 15) is 9.90 Å². The highest BCUT2D eigenvalue weighted by Crippen LogP contribution is 2.40. The Morgan fingerprint density at radius 2 is 1.86 bits per heavy atom. The normalized spacial score (nSPS) is 20.6. The molecule has 0 spiro atoms. The van der Waals surface area contributed by atoms with E-state index in [1.807, 2.05) is 18.2 Å². The number of thiophene rings is 1. The zero-order valence-electron chi connectivity index (χ0n) is 15.4. The smallest absolute Gasteiger partial charge is 0.256 e. The van der Waals surface area contributed by atoms with Crippen molar-refractivity contribution in [1.82, 2.24) is 5.32 Å². The number of rotatable bonds is 3. The van der Waals surface area contributed by atoms with Gasteiger partial charge in [-0.05, 0) is 11.6 Å². The van der Waals surface area contributed by atoms with Gasteiger partial charge in [-0.2, -0.15) is 0 Å². The molecule has 3 heterocycles. The highest BCUT2D eigenvalue weighted by Gasteiger charge is 2.35. The van der Waals surface area contributed by atoms with Gasteiger partial charge in [-0.25, -0.2) is 0 Å². The number of carbonyl (C=O) groups is 1. The third-order valence-electron chi connectivity index (χ3n) is 5.55. The lowest BCUT2D eigenvalue weighted by Crippen LogP contribution is -3.10. The molecule has 0 bridgehead atoms.